The maximum absolute atomic E-state index is 11.3. The Morgan fingerprint density at radius 2 is 2.08 bits per heavy atom. The molecule has 0 aromatic carbocycles. The Morgan fingerprint density at radius 1 is 1.28 bits per heavy atom. The Balaban J connectivity index is 1.74. The maximum atomic E-state index is 11.3. The molecule has 1 heteroatoms. The molecule has 4 aliphatic rings. The lowest BCUT2D eigenvalue weighted by Gasteiger charge is -2.56. The Bertz CT molecular complexity index is 622. The number of fused-ring (bicyclic) bond motifs is 4. The van der Waals surface area contributed by atoms with Crippen LogP contribution in [0.15, 0.2) is 23.8 Å². The Labute approximate surface area is 154 Å². The predicted octanol–water partition coefficient (Wildman–Crippen LogP) is 5.65. The van der Waals surface area contributed by atoms with Crippen LogP contribution in [0.5, 0.6) is 0 Å². The van der Waals surface area contributed by atoms with E-state index in [0.717, 1.165) is 37.5 Å². The van der Waals surface area contributed by atoms with Crippen molar-refractivity contribution in [1.29, 1.82) is 0 Å². The lowest BCUT2D eigenvalue weighted by molar-refractivity contribution is -0.0938. The molecule has 25 heavy (non-hydrogen) atoms. The average molecular weight is 339 g/mol. The summed E-state index contributed by atoms with van der Waals surface area (Å²) >= 11 is 0. The summed E-state index contributed by atoms with van der Waals surface area (Å²) in [6.07, 6.45) is 21.4. The van der Waals surface area contributed by atoms with Crippen LogP contribution in [0.4, 0.5) is 0 Å². The molecule has 136 valence electrons. The lowest BCUT2D eigenvalue weighted by atomic mass is 9.48. The summed E-state index contributed by atoms with van der Waals surface area (Å²) in [4.78, 5) is 0. The standard InChI is InChI=1S/C24H34O/c1-4-6-9-18-16-23(3)21(14-15-24(23,25)5-2)20-13-12-17-10-7-8-11-19(17)22(18)20/h2,4,18,20-22,25H,1,6-16H2,3H3. The van der Waals surface area contributed by atoms with E-state index in [-0.39, 0.29) is 5.41 Å². The molecule has 6 unspecified atom stereocenters. The van der Waals surface area contributed by atoms with Crippen molar-refractivity contribution >= 4 is 0 Å². The van der Waals surface area contributed by atoms with Crippen molar-refractivity contribution in [3.05, 3.63) is 23.8 Å². The smallest absolute Gasteiger partial charge is 0.130 e. The van der Waals surface area contributed by atoms with E-state index in [0.29, 0.717) is 11.8 Å². The van der Waals surface area contributed by atoms with Gasteiger partial charge in [0.2, 0.25) is 0 Å². The molecule has 4 aliphatic carbocycles. The summed E-state index contributed by atoms with van der Waals surface area (Å²) in [7, 11) is 0. The zero-order valence-corrected chi connectivity index (χ0v) is 15.9. The summed E-state index contributed by atoms with van der Waals surface area (Å²) in [6, 6.07) is 0. The van der Waals surface area contributed by atoms with Crippen LogP contribution in [0.3, 0.4) is 0 Å². The second-order valence-electron chi connectivity index (χ2n) is 9.46. The Kier molecular flexibility index (Phi) is 4.40. The van der Waals surface area contributed by atoms with Gasteiger partial charge in [-0.2, -0.15) is 0 Å². The second kappa shape index (κ2) is 6.31. The van der Waals surface area contributed by atoms with E-state index in [1.165, 1.54) is 44.9 Å². The zero-order chi connectivity index (χ0) is 17.7. The van der Waals surface area contributed by atoms with Crippen molar-refractivity contribution in [3.8, 4) is 12.3 Å². The molecule has 4 rings (SSSR count). The highest BCUT2D eigenvalue weighted by Gasteiger charge is 2.63. The highest BCUT2D eigenvalue weighted by Crippen LogP contribution is 2.66. The largest absolute Gasteiger partial charge is 0.377 e. The van der Waals surface area contributed by atoms with E-state index in [2.05, 4.69) is 25.5 Å². The van der Waals surface area contributed by atoms with Crippen molar-refractivity contribution in [1.82, 2.24) is 0 Å². The number of terminal acetylenes is 1. The monoisotopic (exact) mass is 338 g/mol. The molecule has 0 heterocycles. The Morgan fingerprint density at radius 3 is 2.84 bits per heavy atom. The van der Waals surface area contributed by atoms with Gasteiger partial charge < -0.3 is 5.11 Å². The van der Waals surface area contributed by atoms with Gasteiger partial charge >= 0.3 is 0 Å². The van der Waals surface area contributed by atoms with Gasteiger partial charge in [-0.05, 0) is 94.3 Å². The van der Waals surface area contributed by atoms with E-state index >= 15 is 0 Å². The molecule has 1 N–H and O–H groups in total. The molecule has 0 amide bonds. The van der Waals surface area contributed by atoms with Crippen LogP contribution in [-0.4, -0.2) is 10.7 Å². The third-order valence-corrected chi connectivity index (χ3v) is 8.54. The number of aliphatic hydroxyl groups is 1. The summed E-state index contributed by atoms with van der Waals surface area (Å²) in [6.45, 7) is 6.28. The maximum Gasteiger partial charge on any atom is 0.130 e. The number of rotatable bonds is 3. The minimum atomic E-state index is -0.893. The molecule has 2 saturated carbocycles. The van der Waals surface area contributed by atoms with Gasteiger partial charge in [0.1, 0.15) is 5.60 Å². The molecule has 0 bridgehead atoms. The van der Waals surface area contributed by atoms with E-state index < -0.39 is 5.60 Å². The van der Waals surface area contributed by atoms with Crippen LogP contribution in [0.2, 0.25) is 0 Å². The van der Waals surface area contributed by atoms with E-state index in [1.54, 1.807) is 0 Å². The normalized spacial score (nSPS) is 46.0. The zero-order valence-electron chi connectivity index (χ0n) is 15.9. The van der Waals surface area contributed by atoms with Gasteiger partial charge in [0.25, 0.3) is 0 Å². The first kappa shape index (κ1) is 17.4. The highest BCUT2D eigenvalue weighted by atomic mass is 16.3. The summed E-state index contributed by atoms with van der Waals surface area (Å²) in [5.74, 6) is 5.62. The first-order valence-electron chi connectivity index (χ1n) is 10.6. The third-order valence-electron chi connectivity index (χ3n) is 8.54. The van der Waals surface area contributed by atoms with Gasteiger partial charge in [-0.15, -0.1) is 13.0 Å². The van der Waals surface area contributed by atoms with Crippen LogP contribution in [0.25, 0.3) is 0 Å². The topological polar surface area (TPSA) is 20.2 Å². The molecule has 6 atom stereocenters. The molecule has 0 spiro atoms. The third kappa shape index (κ3) is 2.48. The number of hydrogen-bond donors (Lipinski definition) is 1. The van der Waals surface area contributed by atoms with Gasteiger partial charge in [0, 0.05) is 5.41 Å². The molecule has 0 aromatic rings. The van der Waals surface area contributed by atoms with Crippen LogP contribution < -0.4 is 0 Å². The van der Waals surface area contributed by atoms with Gasteiger partial charge in [0.05, 0.1) is 0 Å². The van der Waals surface area contributed by atoms with Crippen molar-refractivity contribution in [2.75, 3.05) is 0 Å². The molecular formula is C24H34O. The van der Waals surface area contributed by atoms with E-state index in [9.17, 15) is 5.11 Å². The van der Waals surface area contributed by atoms with Crippen LogP contribution in [-0.2, 0) is 0 Å². The van der Waals surface area contributed by atoms with Gasteiger partial charge in [0.15, 0.2) is 0 Å². The molecular weight excluding hydrogens is 304 g/mol. The van der Waals surface area contributed by atoms with Crippen LogP contribution in [0.1, 0.15) is 77.6 Å². The summed E-state index contributed by atoms with van der Waals surface area (Å²) in [5.41, 5.74) is 2.66. The Hall–Kier alpha value is -1.00. The van der Waals surface area contributed by atoms with Crippen LogP contribution >= 0.6 is 0 Å². The average Bonchev–Trinajstić information content (AvgIpc) is 2.91. The SMILES string of the molecule is C#CC1(O)CCC2C3CCC4=C(CCCC4)C3C(CCC=C)CC21C. The van der Waals surface area contributed by atoms with Gasteiger partial charge in [-0.1, -0.05) is 30.1 Å². The first-order valence-corrected chi connectivity index (χ1v) is 10.6. The molecule has 0 aromatic heterocycles. The van der Waals surface area contributed by atoms with Crippen molar-refractivity contribution in [2.45, 2.75) is 83.2 Å². The summed E-state index contributed by atoms with van der Waals surface area (Å²) in [5, 5.41) is 11.3. The minimum absolute atomic E-state index is 0.0958. The molecule has 2 fully saturated rings. The van der Waals surface area contributed by atoms with Crippen LogP contribution in [0, 0.1) is 41.4 Å². The van der Waals surface area contributed by atoms with E-state index in [4.69, 9.17) is 6.42 Å². The fourth-order valence-corrected chi connectivity index (χ4v) is 7.35. The van der Waals surface area contributed by atoms with Crippen molar-refractivity contribution in [2.24, 2.45) is 29.1 Å². The fourth-order valence-electron chi connectivity index (χ4n) is 7.35. The molecule has 0 radical (unpaired) electrons. The molecule has 0 aliphatic heterocycles. The molecule has 1 nitrogen and oxygen atoms in total. The second-order valence-corrected chi connectivity index (χ2v) is 9.46. The summed E-state index contributed by atoms with van der Waals surface area (Å²) < 4.78 is 0. The van der Waals surface area contributed by atoms with Gasteiger partial charge in [-0.3, -0.25) is 0 Å². The minimum Gasteiger partial charge on any atom is -0.377 e. The number of allylic oxidation sites excluding steroid dienone is 3. The fraction of sp³-hybridized carbons (Fsp3) is 0.750. The lowest BCUT2D eigenvalue weighted by Crippen LogP contribution is -2.53. The van der Waals surface area contributed by atoms with Gasteiger partial charge in [-0.25, -0.2) is 0 Å². The predicted molar refractivity (Wildman–Crippen MR) is 104 cm³/mol. The van der Waals surface area contributed by atoms with Crippen molar-refractivity contribution in [3.63, 3.8) is 0 Å². The van der Waals surface area contributed by atoms with E-state index in [1.807, 2.05) is 11.1 Å². The first-order chi connectivity index (χ1) is 12.0. The highest BCUT2D eigenvalue weighted by molar-refractivity contribution is 5.30. The molecule has 0 saturated heterocycles. The number of hydrogen-bond acceptors (Lipinski definition) is 1. The van der Waals surface area contributed by atoms with Crippen molar-refractivity contribution < 1.29 is 5.11 Å². The quantitative estimate of drug-likeness (QED) is 0.521.